The first-order valence-electron chi connectivity index (χ1n) is 12.5. The van der Waals surface area contributed by atoms with E-state index in [-0.39, 0.29) is 35.9 Å². The predicted molar refractivity (Wildman–Crippen MR) is 134 cm³/mol. The fraction of sp³-hybridized carbons (Fsp3) is 0.462. The lowest BCUT2D eigenvalue weighted by molar-refractivity contribution is -0.137. The Hall–Kier alpha value is -2.96. The number of hydrogen-bond acceptors (Lipinski definition) is 5. The number of carbonyl (C=O) groups excluding carboxylic acids is 2. The van der Waals surface area contributed by atoms with Crippen LogP contribution in [0.15, 0.2) is 59.5 Å². The number of nitrogens with two attached hydrogens (primary N) is 1. The molecule has 0 bridgehead atoms. The largest absolute Gasteiger partial charge is 0.416 e. The van der Waals surface area contributed by atoms with E-state index in [9.17, 15) is 31.2 Å². The number of amides is 2. The van der Waals surface area contributed by atoms with E-state index >= 15 is 0 Å². The Morgan fingerprint density at radius 2 is 1.53 bits per heavy atom. The standard InChI is InChI=1S/C26H31F3N4O4S/c27-26(28,29)19-10-12-20(13-11-19)38(36,37)33-16-14-32(15-17-33)22-9-5-4-8-21(22)25(35)31-23(24(30)34)18-6-2-1-3-7-18/h1-3,6-7,10-13,21-23H,4-5,8-9,14-17H2,(H2,30,34)(H,31,35)/t21-,22-,23+/m1/s1. The molecule has 2 aromatic carbocycles. The maximum Gasteiger partial charge on any atom is 0.416 e. The van der Waals surface area contributed by atoms with Gasteiger partial charge in [0.1, 0.15) is 6.04 Å². The van der Waals surface area contributed by atoms with Crippen LogP contribution in [0.3, 0.4) is 0 Å². The van der Waals surface area contributed by atoms with Gasteiger partial charge in [0.15, 0.2) is 0 Å². The lowest BCUT2D eigenvalue weighted by Crippen LogP contribution is -2.56. The summed E-state index contributed by atoms with van der Waals surface area (Å²) in [6.07, 6.45) is -1.35. The van der Waals surface area contributed by atoms with Crippen molar-refractivity contribution in [2.45, 2.75) is 48.8 Å². The second-order valence-electron chi connectivity index (χ2n) is 9.68. The fourth-order valence-electron chi connectivity index (χ4n) is 5.31. The Balaban J connectivity index is 1.41. The SMILES string of the molecule is NC(=O)[C@@H](NC(=O)[C@@H]1CCCC[C@H]1N1CCN(S(=O)(=O)c2ccc(C(F)(F)F)cc2)CC1)c1ccccc1. The van der Waals surface area contributed by atoms with Crippen molar-refractivity contribution in [2.75, 3.05) is 26.2 Å². The molecule has 2 aromatic rings. The number of carbonyl (C=O) groups is 2. The molecular formula is C26H31F3N4O4S. The Kier molecular flexibility index (Phi) is 8.43. The zero-order valence-electron chi connectivity index (χ0n) is 20.7. The van der Waals surface area contributed by atoms with Gasteiger partial charge in [-0.05, 0) is 42.7 Å². The van der Waals surface area contributed by atoms with E-state index in [0.29, 0.717) is 25.1 Å². The molecule has 4 rings (SSSR count). The molecule has 3 atom stereocenters. The molecule has 1 aliphatic carbocycles. The number of halogens is 3. The maximum absolute atomic E-state index is 13.3. The molecule has 2 aliphatic rings. The van der Waals surface area contributed by atoms with Gasteiger partial charge in [0.2, 0.25) is 21.8 Å². The lowest BCUT2D eigenvalue weighted by Gasteiger charge is -2.43. The van der Waals surface area contributed by atoms with Crippen LogP contribution in [0.25, 0.3) is 0 Å². The van der Waals surface area contributed by atoms with E-state index in [2.05, 4.69) is 10.2 Å². The number of nitrogens with one attached hydrogen (secondary N) is 1. The first-order chi connectivity index (χ1) is 18.0. The average Bonchev–Trinajstić information content (AvgIpc) is 2.91. The summed E-state index contributed by atoms with van der Waals surface area (Å²) in [6.45, 7) is 1.07. The summed E-state index contributed by atoms with van der Waals surface area (Å²) in [7, 11) is -3.96. The van der Waals surface area contributed by atoms with Crippen molar-refractivity contribution in [1.29, 1.82) is 0 Å². The zero-order valence-corrected chi connectivity index (χ0v) is 21.5. The molecule has 1 aliphatic heterocycles. The summed E-state index contributed by atoms with van der Waals surface area (Å²) in [5, 5.41) is 2.81. The second-order valence-corrected chi connectivity index (χ2v) is 11.6. The van der Waals surface area contributed by atoms with Crippen molar-refractivity contribution in [3.63, 3.8) is 0 Å². The third-order valence-corrected chi connectivity index (χ3v) is 9.24. The number of benzene rings is 2. The quantitative estimate of drug-likeness (QED) is 0.549. The van der Waals surface area contributed by atoms with Crippen LogP contribution in [0.5, 0.6) is 0 Å². The molecule has 2 amide bonds. The van der Waals surface area contributed by atoms with Gasteiger partial charge in [0.25, 0.3) is 0 Å². The van der Waals surface area contributed by atoms with Gasteiger partial charge in [-0.25, -0.2) is 8.42 Å². The summed E-state index contributed by atoms with van der Waals surface area (Å²) in [5.41, 5.74) is 5.27. The molecule has 38 heavy (non-hydrogen) atoms. The number of primary amides is 1. The van der Waals surface area contributed by atoms with E-state index in [4.69, 9.17) is 5.73 Å². The third kappa shape index (κ3) is 6.19. The van der Waals surface area contributed by atoms with E-state index in [1.54, 1.807) is 30.3 Å². The van der Waals surface area contributed by atoms with Gasteiger partial charge in [-0.2, -0.15) is 17.5 Å². The van der Waals surface area contributed by atoms with E-state index < -0.39 is 33.7 Å². The Labute approximate surface area is 220 Å². The molecule has 1 saturated carbocycles. The summed E-state index contributed by atoms with van der Waals surface area (Å²) >= 11 is 0. The molecule has 0 radical (unpaired) electrons. The summed E-state index contributed by atoms with van der Waals surface area (Å²) in [6, 6.07) is 11.2. The van der Waals surface area contributed by atoms with E-state index in [1.165, 1.54) is 4.31 Å². The van der Waals surface area contributed by atoms with Gasteiger partial charge in [-0.15, -0.1) is 0 Å². The van der Waals surface area contributed by atoms with Crippen LogP contribution in [0.2, 0.25) is 0 Å². The first kappa shape index (κ1) is 28.1. The fourth-order valence-corrected chi connectivity index (χ4v) is 6.73. The van der Waals surface area contributed by atoms with Gasteiger partial charge >= 0.3 is 6.18 Å². The predicted octanol–water partition coefficient (Wildman–Crippen LogP) is 2.91. The van der Waals surface area contributed by atoms with Crippen LogP contribution >= 0.6 is 0 Å². The highest BCUT2D eigenvalue weighted by atomic mass is 32.2. The maximum atomic E-state index is 13.3. The van der Waals surface area contributed by atoms with Gasteiger partial charge in [-0.3, -0.25) is 14.5 Å². The molecule has 12 heteroatoms. The number of alkyl halides is 3. The number of sulfonamides is 1. The molecule has 3 N–H and O–H groups in total. The Bertz CT molecular complexity index is 1230. The number of nitrogens with zero attached hydrogens (tertiary/aromatic N) is 2. The Morgan fingerprint density at radius 1 is 0.921 bits per heavy atom. The third-order valence-electron chi connectivity index (χ3n) is 7.33. The number of piperazine rings is 1. The molecule has 1 saturated heterocycles. The van der Waals surface area contributed by atoms with Gasteiger partial charge in [0.05, 0.1) is 16.4 Å². The smallest absolute Gasteiger partial charge is 0.368 e. The molecule has 8 nitrogen and oxygen atoms in total. The molecule has 0 spiro atoms. The number of hydrogen-bond donors (Lipinski definition) is 2. The van der Waals surface area contributed by atoms with Gasteiger partial charge < -0.3 is 11.1 Å². The highest BCUT2D eigenvalue weighted by Crippen LogP contribution is 2.32. The van der Waals surface area contributed by atoms with Crippen molar-refractivity contribution < 1.29 is 31.2 Å². The molecule has 1 heterocycles. The normalized spacial score (nSPS) is 22.5. The molecule has 2 fully saturated rings. The van der Waals surface area contributed by atoms with Crippen molar-refractivity contribution in [2.24, 2.45) is 11.7 Å². The van der Waals surface area contributed by atoms with Crippen molar-refractivity contribution in [3.8, 4) is 0 Å². The molecule has 0 unspecified atom stereocenters. The van der Waals surface area contributed by atoms with Crippen molar-refractivity contribution in [3.05, 3.63) is 65.7 Å². The summed E-state index contributed by atoms with van der Waals surface area (Å²) in [4.78, 5) is 27.3. The van der Waals surface area contributed by atoms with Crippen LogP contribution in [0.1, 0.15) is 42.9 Å². The zero-order chi connectivity index (χ0) is 27.5. The second kappa shape index (κ2) is 11.4. The highest BCUT2D eigenvalue weighted by Gasteiger charge is 2.39. The minimum Gasteiger partial charge on any atom is -0.368 e. The van der Waals surface area contributed by atoms with Crippen LogP contribution in [0, 0.1) is 5.92 Å². The van der Waals surface area contributed by atoms with Crippen molar-refractivity contribution in [1.82, 2.24) is 14.5 Å². The summed E-state index contributed by atoms with van der Waals surface area (Å²) < 4.78 is 65.9. The molecule has 206 valence electrons. The topological polar surface area (TPSA) is 113 Å². The lowest BCUT2D eigenvalue weighted by atomic mass is 9.82. The minimum atomic E-state index is -4.55. The molecular weight excluding hydrogens is 521 g/mol. The minimum absolute atomic E-state index is 0.121. The van der Waals surface area contributed by atoms with Crippen LogP contribution in [-0.4, -0.2) is 61.7 Å². The monoisotopic (exact) mass is 552 g/mol. The average molecular weight is 553 g/mol. The summed E-state index contributed by atoms with van der Waals surface area (Å²) in [5.74, 6) is -1.30. The Morgan fingerprint density at radius 3 is 2.11 bits per heavy atom. The highest BCUT2D eigenvalue weighted by molar-refractivity contribution is 7.89. The van der Waals surface area contributed by atoms with E-state index in [0.717, 1.165) is 43.5 Å². The first-order valence-corrected chi connectivity index (χ1v) is 14.0. The van der Waals surface area contributed by atoms with Crippen LogP contribution < -0.4 is 11.1 Å². The van der Waals surface area contributed by atoms with Crippen LogP contribution in [0.4, 0.5) is 13.2 Å². The number of rotatable bonds is 7. The van der Waals surface area contributed by atoms with Crippen LogP contribution in [-0.2, 0) is 25.8 Å². The van der Waals surface area contributed by atoms with Crippen molar-refractivity contribution >= 4 is 21.8 Å². The molecule has 0 aromatic heterocycles. The van der Waals surface area contributed by atoms with Gasteiger partial charge in [0, 0.05) is 32.2 Å². The van der Waals surface area contributed by atoms with E-state index in [1.807, 2.05) is 0 Å². The van der Waals surface area contributed by atoms with Gasteiger partial charge in [-0.1, -0.05) is 43.2 Å².